The predicted octanol–water partition coefficient (Wildman–Crippen LogP) is 2.98. The van der Waals surface area contributed by atoms with Gasteiger partial charge in [0.25, 0.3) is 0 Å². The van der Waals surface area contributed by atoms with E-state index in [1.54, 1.807) is 11.8 Å². The van der Waals surface area contributed by atoms with E-state index in [-0.39, 0.29) is 24.0 Å². The quantitative estimate of drug-likeness (QED) is 0.583. The minimum atomic E-state index is 0. The van der Waals surface area contributed by atoms with Gasteiger partial charge in [-0.05, 0) is 19.6 Å². The van der Waals surface area contributed by atoms with Crippen LogP contribution in [0.2, 0.25) is 0 Å². The molecule has 0 aliphatic heterocycles. The molecule has 0 saturated heterocycles. The molecule has 0 bridgehead atoms. The third-order valence-corrected chi connectivity index (χ3v) is 2.70. The maximum absolute atomic E-state index is 5.16. The SMILES string of the molecule is CCSC(=S)N(CC)CC.I. The molecule has 0 radical (unpaired) electrons. The van der Waals surface area contributed by atoms with Crippen molar-refractivity contribution in [3.05, 3.63) is 0 Å². The van der Waals surface area contributed by atoms with E-state index in [0.29, 0.717) is 0 Å². The maximum Gasteiger partial charge on any atom is 0.136 e. The first-order valence-electron chi connectivity index (χ1n) is 3.67. The van der Waals surface area contributed by atoms with Crippen LogP contribution < -0.4 is 0 Å². The van der Waals surface area contributed by atoms with Crippen LogP contribution in [0.25, 0.3) is 0 Å². The molecule has 0 aliphatic carbocycles. The molecule has 1 nitrogen and oxygen atoms in total. The van der Waals surface area contributed by atoms with Crippen molar-refractivity contribution in [2.75, 3.05) is 18.8 Å². The lowest BCUT2D eigenvalue weighted by atomic mass is 10.6. The van der Waals surface area contributed by atoms with Gasteiger partial charge in [-0.3, -0.25) is 0 Å². The minimum Gasteiger partial charge on any atom is -0.358 e. The fraction of sp³-hybridized carbons (Fsp3) is 0.857. The third-order valence-electron chi connectivity index (χ3n) is 1.29. The average molecular weight is 305 g/mol. The summed E-state index contributed by atoms with van der Waals surface area (Å²) in [6, 6.07) is 0. The zero-order valence-corrected chi connectivity index (χ0v) is 11.3. The molecule has 0 heterocycles. The highest BCUT2D eigenvalue weighted by Gasteiger charge is 2.02. The Labute approximate surface area is 96.3 Å². The van der Waals surface area contributed by atoms with Gasteiger partial charge < -0.3 is 4.90 Å². The molecular weight excluding hydrogens is 289 g/mol. The second-order valence-corrected chi connectivity index (χ2v) is 3.77. The van der Waals surface area contributed by atoms with Crippen LogP contribution >= 0.6 is 48.0 Å². The summed E-state index contributed by atoms with van der Waals surface area (Å²) in [5.41, 5.74) is 0. The van der Waals surface area contributed by atoms with E-state index in [4.69, 9.17) is 12.2 Å². The smallest absolute Gasteiger partial charge is 0.136 e. The van der Waals surface area contributed by atoms with Crippen LogP contribution in [-0.2, 0) is 0 Å². The lowest BCUT2D eigenvalue weighted by molar-refractivity contribution is 0.482. The van der Waals surface area contributed by atoms with E-state index in [1.807, 2.05) is 0 Å². The Morgan fingerprint density at radius 3 is 2.00 bits per heavy atom. The predicted molar refractivity (Wildman–Crippen MR) is 69.1 cm³/mol. The molecule has 0 spiro atoms. The van der Waals surface area contributed by atoms with E-state index in [9.17, 15) is 0 Å². The first kappa shape index (κ1) is 14.5. The molecule has 0 atom stereocenters. The summed E-state index contributed by atoms with van der Waals surface area (Å²) < 4.78 is 1.03. The summed E-state index contributed by atoms with van der Waals surface area (Å²) in [4.78, 5) is 2.20. The number of halogens is 1. The Morgan fingerprint density at radius 1 is 1.27 bits per heavy atom. The molecule has 0 rings (SSSR count). The highest BCUT2D eigenvalue weighted by molar-refractivity contribution is 14.0. The highest BCUT2D eigenvalue weighted by Crippen LogP contribution is 2.07. The Bertz CT molecular complexity index is 105. The van der Waals surface area contributed by atoms with E-state index < -0.39 is 0 Å². The molecule has 4 heteroatoms. The summed E-state index contributed by atoms with van der Waals surface area (Å²) in [7, 11) is 0. The lowest BCUT2D eigenvalue weighted by Gasteiger charge is -2.20. The Hall–Kier alpha value is 0.970. The first-order valence-corrected chi connectivity index (χ1v) is 5.07. The van der Waals surface area contributed by atoms with E-state index in [0.717, 1.165) is 23.2 Å². The molecule has 68 valence electrons. The van der Waals surface area contributed by atoms with Crippen LogP contribution in [-0.4, -0.2) is 28.1 Å². The van der Waals surface area contributed by atoms with Gasteiger partial charge in [-0.1, -0.05) is 30.9 Å². The van der Waals surface area contributed by atoms with Crippen LogP contribution in [0.15, 0.2) is 0 Å². The Balaban J connectivity index is 0. The third kappa shape index (κ3) is 6.16. The maximum atomic E-state index is 5.16. The molecule has 0 amide bonds. The summed E-state index contributed by atoms with van der Waals surface area (Å²) in [6.45, 7) is 8.45. The molecule has 0 aliphatic rings. The van der Waals surface area contributed by atoms with Crippen molar-refractivity contribution in [1.29, 1.82) is 0 Å². The molecule has 0 aromatic heterocycles. The zero-order valence-electron chi connectivity index (χ0n) is 7.29. The van der Waals surface area contributed by atoms with Gasteiger partial charge in [0.2, 0.25) is 0 Å². The first-order chi connectivity index (χ1) is 4.76. The average Bonchev–Trinajstić information content (AvgIpc) is 1.91. The largest absolute Gasteiger partial charge is 0.358 e. The zero-order chi connectivity index (χ0) is 7.98. The molecule has 0 saturated carbocycles. The van der Waals surface area contributed by atoms with Gasteiger partial charge in [-0.2, -0.15) is 0 Å². The number of rotatable bonds is 3. The van der Waals surface area contributed by atoms with Crippen molar-refractivity contribution in [3.8, 4) is 0 Å². The van der Waals surface area contributed by atoms with Gasteiger partial charge >= 0.3 is 0 Å². The monoisotopic (exact) mass is 305 g/mol. The molecule has 0 unspecified atom stereocenters. The van der Waals surface area contributed by atoms with E-state index in [2.05, 4.69) is 25.7 Å². The fourth-order valence-electron chi connectivity index (χ4n) is 0.697. The van der Waals surface area contributed by atoms with Crippen molar-refractivity contribution >= 4 is 52.3 Å². The summed E-state index contributed by atoms with van der Waals surface area (Å²) in [5.74, 6) is 1.08. The second kappa shape index (κ2) is 9.06. The molecule has 0 aromatic carbocycles. The number of nitrogens with zero attached hydrogens (tertiary/aromatic N) is 1. The van der Waals surface area contributed by atoms with Gasteiger partial charge in [0.05, 0.1) is 0 Å². The topological polar surface area (TPSA) is 3.24 Å². The van der Waals surface area contributed by atoms with Crippen LogP contribution in [0, 0.1) is 0 Å². The standard InChI is InChI=1S/C7H15NS2.HI/c1-4-8(5-2)7(9)10-6-3;/h4-6H2,1-3H3;1H. The minimum absolute atomic E-state index is 0. The molecular formula is C7H16INS2. The Kier molecular flexibility index (Phi) is 11.9. The van der Waals surface area contributed by atoms with Gasteiger partial charge in [0.1, 0.15) is 4.32 Å². The van der Waals surface area contributed by atoms with Crippen molar-refractivity contribution in [3.63, 3.8) is 0 Å². The van der Waals surface area contributed by atoms with Gasteiger partial charge in [-0.25, -0.2) is 0 Å². The van der Waals surface area contributed by atoms with Gasteiger partial charge in [0, 0.05) is 13.1 Å². The molecule has 0 fully saturated rings. The van der Waals surface area contributed by atoms with E-state index in [1.165, 1.54) is 0 Å². The van der Waals surface area contributed by atoms with Crippen LogP contribution in [0.4, 0.5) is 0 Å². The molecule has 0 N–H and O–H groups in total. The van der Waals surface area contributed by atoms with Crippen LogP contribution in [0.1, 0.15) is 20.8 Å². The summed E-state index contributed by atoms with van der Waals surface area (Å²) >= 11 is 6.91. The van der Waals surface area contributed by atoms with Gasteiger partial charge in [0.15, 0.2) is 0 Å². The van der Waals surface area contributed by atoms with Gasteiger partial charge in [-0.15, -0.1) is 24.0 Å². The summed E-state index contributed by atoms with van der Waals surface area (Å²) in [6.07, 6.45) is 0. The van der Waals surface area contributed by atoms with Crippen molar-refractivity contribution < 1.29 is 0 Å². The lowest BCUT2D eigenvalue weighted by Crippen LogP contribution is -2.26. The molecule has 11 heavy (non-hydrogen) atoms. The summed E-state index contributed by atoms with van der Waals surface area (Å²) in [5, 5.41) is 0. The van der Waals surface area contributed by atoms with Crippen molar-refractivity contribution in [2.24, 2.45) is 0 Å². The number of thioether (sulfide) groups is 1. The highest BCUT2D eigenvalue weighted by atomic mass is 127. The van der Waals surface area contributed by atoms with E-state index >= 15 is 0 Å². The van der Waals surface area contributed by atoms with Crippen LogP contribution in [0.3, 0.4) is 0 Å². The molecule has 0 aromatic rings. The van der Waals surface area contributed by atoms with Crippen LogP contribution in [0.5, 0.6) is 0 Å². The number of hydrogen-bond donors (Lipinski definition) is 0. The second-order valence-electron chi connectivity index (χ2n) is 1.87. The van der Waals surface area contributed by atoms with Crippen molar-refractivity contribution in [2.45, 2.75) is 20.8 Å². The fourth-order valence-corrected chi connectivity index (χ4v) is 2.00. The number of hydrogen-bond acceptors (Lipinski definition) is 2. The Morgan fingerprint density at radius 2 is 1.73 bits per heavy atom. The van der Waals surface area contributed by atoms with Crippen molar-refractivity contribution in [1.82, 2.24) is 4.90 Å². The number of thiocarbonyl (C=S) groups is 1. The normalized spacial score (nSPS) is 8.64.